The molecular weight excluding hydrogens is 486 g/mol. The van der Waals surface area contributed by atoms with Gasteiger partial charge in [-0.3, -0.25) is 14.1 Å². The third-order valence-corrected chi connectivity index (χ3v) is 7.06. The smallest absolute Gasteiger partial charge is 0.247 e. The number of pyridine rings is 1. The highest BCUT2D eigenvalue weighted by Crippen LogP contribution is 2.32. The van der Waals surface area contributed by atoms with Gasteiger partial charge in [-0.15, -0.1) is 0 Å². The zero-order valence-electron chi connectivity index (χ0n) is 19.0. The predicted octanol–water partition coefficient (Wildman–Crippen LogP) is 5.09. The van der Waals surface area contributed by atoms with Crippen molar-refractivity contribution in [3.05, 3.63) is 101 Å². The van der Waals surface area contributed by atoms with Crippen molar-refractivity contribution in [2.45, 2.75) is 6.92 Å². The number of rotatable bonds is 6. The number of fused-ring (bicyclic) bond motifs is 1. The Balaban J connectivity index is 1.64. The standard InChI is InChI=1S/C26H20F2N4O3S/c1-2-36(34,35)31-20-9-18(22-6-5-19(27)12-23(22)28)10-21(13-20)32-15-30-24-11-16(3-7-25(24)32)17-4-8-26(33)29-14-17/h3-15,31H,2H2,1H3,(H,29,33). The minimum Gasteiger partial charge on any atom is -0.328 e. The van der Waals surface area contributed by atoms with Gasteiger partial charge in [0.15, 0.2) is 0 Å². The molecule has 0 saturated carbocycles. The highest BCUT2D eigenvalue weighted by Gasteiger charge is 2.15. The number of imidazole rings is 1. The third-order valence-electron chi connectivity index (χ3n) is 5.76. The Labute approximate surface area is 205 Å². The fraction of sp³-hybridized carbons (Fsp3) is 0.0769. The zero-order chi connectivity index (χ0) is 25.4. The van der Waals surface area contributed by atoms with E-state index in [-0.39, 0.29) is 22.6 Å². The molecule has 2 aromatic heterocycles. The van der Waals surface area contributed by atoms with E-state index in [1.165, 1.54) is 25.1 Å². The summed E-state index contributed by atoms with van der Waals surface area (Å²) in [4.78, 5) is 18.5. The first-order valence-corrected chi connectivity index (χ1v) is 12.7. The van der Waals surface area contributed by atoms with Crippen LogP contribution in [0.2, 0.25) is 0 Å². The van der Waals surface area contributed by atoms with Crippen LogP contribution in [0.5, 0.6) is 0 Å². The van der Waals surface area contributed by atoms with E-state index in [9.17, 15) is 22.0 Å². The van der Waals surface area contributed by atoms with Crippen LogP contribution in [-0.2, 0) is 10.0 Å². The van der Waals surface area contributed by atoms with Crippen molar-refractivity contribution in [2.24, 2.45) is 0 Å². The minimum atomic E-state index is -3.61. The van der Waals surface area contributed by atoms with Crippen LogP contribution in [0.3, 0.4) is 0 Å². The van der Waals surface area contributed by atoms with Gasteiger partial charge in [0.1, 0.15) is 18.0 Å². The molecule has 5 rings (SSSR count). The van der Waals surface area contributed by atoms with Gasteiger partial charge in [-0.05, 0) is 72.1 Å². The molecule has 0 aliphatic heterocycles. The van der Waals surface area contributed by atoms with Crippen LogP contribution < -0.4 is 10.3 Å². The number of aromatic amines is 1. The normalized spacial score (nSPS) is 11.6. The maximum Gasteiger partial charge on any atom is 0.247 e. The van der Waals surface area contributed by atoms with Crippen molar-refractivity contribution in [1.82, 2.24) is 14.5 Å². The van der Waals surface area contributed by atoms with Gasteiger partial charge in [0.2, 0.25) is 15.6 Å². The van der Waals surface area contributed by atoms with Crippen LogP contribution in [0.25, 0.3) is 39.0 Å². The van der Waals surface area contributed by atoms with Crippen molar-refractivity contribution < 1.29 is 17.2 Å². The molecule has 2 N–H and O–H groups in total. The number of hydrogen-bond acceptors (Lipinski definition) is 4. The van der Waals surface area contributed by atoms with E-state index in [1.54, 1.807) is 35.3 Å². The molecule has 0 amide bonds. The summed E-state index contributed by atoms with van der Waals surface area (Å²) in [6.45, 7) is 1.51. The Morgan fingerprint density at radius 3 is 2.47 bits per heavy atom. The molecule has 36 heavy (non-hydrogen) atoms. The monoisotopic (exact) mass is 506 g/mol. The van der Waals surface area contributed by atoms with Gasteiger partial charge in [-0.2, -0.15) is 0 Å². The second kappa shape index (κ2) is 9.04. The molecule has 0 spiro atoms. The summed E-state index contributed by atoms with van der Waals surface area (Å²) in [6.07, 6.45) is 3.20. The maximum atomic E-state index is 14.6. The lowest BCUT2D eigenvalue weighted by Crippen LogP contribution is -2.15. The van der Waals surface area contributed by atoms with Gasteiger partial charge in [-0.1, -0.05) is 6.07 Å². The molecule has 5 aromatic rings. The number of hydrogen-bond donors (Lipinski definition) is 2. The lowest BCUT2D eigenvalue weighted by molar-refractivity contribution is 0.585. The number of H-pyrrole nitrogens is 1. The lowest BCUT2D eigenvalue weighted by atomic mass is 10.0. The molecule has 0 unspecified atom stereocenters. The fourth-order valence-corrected chi connectivity index (χ4v) is 4.55. The van der Waals surface area contributed by atoms with Crippen molar-refractivity contribution in [2.75, 3.05) is 10.5 Å². The van der Waals surface area contributed by atoms with Crippen LogP contribution in [0.4, 0.5) is 14.5 Å². The van der Waals surface area contributed by atoms with Crippen molar-refractivity contribution in [1.29, 1.82) is 0 Å². The number of anilines is 1. The van der Waals surface area contributed by atoms with E-state index in [4.69, 9.17) is 0 Å². The molecule has 0 atom stereocenters. The topological polar surface area (TPSA) is 96.8 Å². The van der Waals surface area contributed by atoms with Gasteiger partial charge in [-0.25, -0.2) is 22.2 Å². The highest BCUT2D eigenvalue weighted by atomic mass is 32.2. The molecule has 3 aromatic carbocycles. The first-order chi connectivity index (χ1) is 17.2. The first-order valence-electron chi connectivity index (χ1n) is 11.0. The lowest BCUT2D eigenvalue weighted by Gasteiger charge is -2.14. The number of nitrogens with zero attached hydrogens (tertiary/aromatic N) is 2. The predicted molar refractivity (Wildman–Crippen MR) is 136 cm³/mol. The highest BCUT2D eigenvalue weighted by molar-refractivity contribution is 7.92. The SMILES string of the molecule is CCS(=O)(=O)Nc1cc(-c2ccc(F)cc2F)cc(-n2cnc3cc(-c4ccc(=O)[nH]c4)ccc32)c1. The van der Waals surface area contributed by atoms with E-state index in [0.29, 0.717) is 16.8 Å². The summed E-state index contributed by atoms with van der Waals surface area (Å²) in [6, 6.07) is 16.8. The van der Waals surface area contributed by atoms with Crippen molar-refractivity contribution in [3.8, 4) is 27.9 Å². The zero-order valence-corrected chi connectivity index (χ0v) is 19.8. The van der Waals surface area contributed by atoms with Crippen LogP contribution in [0, 0.1) is 11.6 Å². The summed E-state index contributed by atoms with van der Waals surface area (Å²) >= 11 is 0. The Bertz CT molecular complexity index is 1760. The molecule has 0 aliphatic carbocycles. The molecule has 7 nitrogen and oxygen atoms in total. The second-order valence-corrected chi connectivity index (χ2v) is 10.2. The Morgan fingerprint density at radius 1 is 0.944 bits per heavy atom. The van der Waals surface area contributed by atoms with E-state index < -0.39 is 21.7 Å². The summed E-state index contributed by atoms with van der Waals surface area (Å²) in [5, 5.41) is 0. The molecule has 0 radical (unpaired) electrons. The van der Waals surface area contributed by atoms with E-state index in [1.807, 2.05) is 18.2 Å². The molecule has 10 heteroatoms. The molecule has 2 heterocycles. The third kappa shape index (κ3) is 4.63. The number of aromatic nitrogens is 3. The van der Waals surface area contributed by atoms with Crippen molar-refractivity contribution >= 4 is 26.7 Å². The van der Waals surface area contributed by atoms with Crippen LogP contribution in [0.15, 0.2) is 84.0 Å². The average molecular weight is 507 g/mol. The van der Waals surface area contributed by atoms with Crippen LogP contribution in [0.1, 0.15) is 6.92 Å². The molecule has 0 fully saturated rings. The van der Waals surface area contributed by atoms with Gasteiger partial charge in [0, 0.05) is 29.6 Å². The van der Waals surface area contributed by atoms with Crippen LogP contribution in [-0.4, -0.2) is 28.7 Å². The van der Waals surface area contributed by atoms with Gasteiger partial charge in [0.25, 0.3) is 0 Å². The molecule has 0 bridgehead atoms. The molecular formula is C26H20F2N4O3S. The number of sulfonamides is 1. The Hall–Kier alpha value is -4.31. The van der Waals surface area contributed by atoms with Crippen molar-refractivity contribution in [3.63, 3.8) is 0 Å². The fourth-order valence-electron chi connectivity index (χ4n) is 3.93. The van der Waals surface area contributed by atoms with Crippen LogP contribution >= 0.6 is 0 Å². The molecule has 0 aliphatic rings. The molecule has 0 saturated heterocycles. The van der Waals surface area contributed by atoms with Gasteiger partial charge >= 0.3 is 0 Å². The number of halogens is 2. The summed E-state index contributed by atoms with van der Waals surface area (Å²) in [5.74, 6) is -1.62. The van der Waals surface area contributed by atoms with Gasteiger partial charge in [0.05, 0.1) is 22.5 Å². The Morgan fingerprint density at radius 2 is 1.75 bits per heavy atom. The average Bonchev–Trinajstić information content (AvgIpc) is 3.27. The molecule has 182 valence electrons. The Kier molecular flexibility index (Phi) is 5.89. The second-order valence-electron chi connectivity index (χ2n) is 8.16. The summed E-state index contributed by atoms with van der Waals surface area (Å²) in [7, 11) is -3.61. The quantitative estimate of drug-likeness (QED) is 0.335. The summed E-state index contributed by atoms with van der Waals surface area (Å²) < 4.78 is 56.9. The van der Waals surface area contributed by atoms with Gasteiger partial charge < -0.3 is 4.98 Å². The summed E-state index contributed by atoms with van der Waals surface area (Å²) in [5.41, 5.74) is 4.11. The van der Waals surface area contributed by atoms with E-state index in [0.717, 1.165) is 28.8 Å². The number of nitrogens with one attached hydrogen (secondary N) is 2. The maximum absolute atomic E-state index is 14.6. The number of benzene rings is 3. The largest absolute Gasteiger partial charge is 0.328 e. The van der Waals surface area contributed by atoms with E-state index in [2.05, 4.69) is 14.7 Å². The first kappa shape index (κ1) is 23.4. The minimum absolute atomic E-state index is 0.125. The van der Waals surface area contributed by atoms with E-state index >= 15 is 0 Å².